The highest BCUT2D eigenvalue weighted by molar-refractivity contribution is 5.83. The van der Waals surface area contributed by atoms with E-state index in [1.165, 1.54) is 32.1 Å². The van der Waals surface area contributed by atoms with Crippen molar-refractivity contribution < 1.29 is 19.8 Å². The fraction of sp³-hybridized carbons (Fsp3) is 0.680. The van der Waals surface area contributed by atoms with Crippen molar-refractivity contribution in [1.82, 2.24) is 5.32 Å². The van der Waals surface area contributed by atoms with Crippen LogP contribution in [0.2, 0.25) is 0 Å². The second kappa shape index (κ2) is 10.8. The Kier molecular flexibility index (Phi) is 8.75. The predicted octanol–water partition coefficient (Wildman–Crippen LogP) is 5.31. The zero-order chi connectivity index (χ0) is 22.2. The standard InChI is InChI=1S/C25H39NO4/c1-24(2,3)25(14-7-4-8-15-25)16-9-11-20(18-22(28)29)23(30)26-17-13-19-10-5-6-12-21(19)27/h5-6,10,12,20,27H,4,7-9,11,13-18H2,1-3H3,(H,26,30)(H,28,29). The van der Waals surface area contributed by atoms with Crippen LogP contribution in [0.25, 0.3) is 0 Å². The summed E-state index contributed by atoms with van der Waals surface area (Å²) in [5.74, 6) is -1.42. The van der Waals surface area contributed by atoms with Gasteiger partial charge in [0, 0.05) is 12.5 Å². The molecule has 1 aliphatic carbocycles. The second-order valence-corrected chi connectivity index (χ2v) is 9.95. The number of amides is 1. The molecule has 0 bridgehead atoms. The first-order chi connectivity index (χ1) is 14.1. The third kappa shape index (κ3) is 6.75. The summed E-state index contributed by atoms with van der Waals surface area (Å²) in [7, 11) is 0. The number of carboxylic acid groups (broad SMARTS) is 1. The zero-order valence-electron chi connectivity index (χ0n) is 18.9. The number of hydrogen-bond acceptors (Lipinski definition) is 3. The van der Waals surface area contributed by atoms with Gasteiger partial charge < -0.3 is 15.5 Å². The average molecular weight is 418 g/mol. The molecule has 0 aromatic heterocycles. The van der Waals surface area contributed by atoms with E-state index in [1.54, 1.807) is 12.1 Å². The van der Waals surface area contributed by atoms with Crippen molar-refractivity contribution in [2.75, 3.05) is 6.54 Å². The zero-order valence-corrected chi connectivity index (χ0v) is 18.9. The Hall–Kier alpha value is -2.04. The molecule has 0 heterocycles. The lowest BCUT2D eigenvalue weighted by molar-refractivity contribution is -0.141. The molecule has 30 heavy (non-hydrogen) atoms. The normalized spacial score (nSPS) is 17.3. The number of phenols is 1. The van der Waals surface area contributed by atoms with Crippen LogP contribution in [0.5, 0.6) is 5.75 Å². The highest BCUT2D eigenvalue weighted by Gasteiger charge is 2.41. The van der Waals surface area contributed by atoms with E-state index in [-0.39, 0.29) is 23.5 Å². The third-order valence-electron chi connectivity index (χ3n) is 7.09. The van der Waals surface area contributed by atoms with Gasteiger partial charge in [-0.05, 0) is 54.6 Å². The molecule has 1 aromatic carbocycles. The van der Waals surface area contributed by atoms with Crippen LogP contribution in [0, 0.1) is 16.7 Å². The van der Waals surface area contributed by atoms with Crippen molar-refractivity contribution in [3.63, 3.8) is 0 Å². The Morgan fingerprint density at radius 1 is 1.13 bits per heavy atom. The highest BCUT2D eigenvalue weighted by Crippen LogP contribution is 2.52. The summed E-state index contributed by atoms with van der Waals surface area (Å²) in [5, 5.41) is 22.0. The van der Waals surface area contributed by atoms with E-state index in [2.05, 4.69) is 26.1 Å². The first kappa shape index (κ1) is 24.2. The Bertz CT molecular complexity index is 701. The summed E-state index contributed by atoms with van der Waals surface area (Å²) in [4.78, 5) is 24.0. The molecule has 1 aromatic rings. The Morgan fingerprint density at radius 2 is 1.80 bits per heavy atom. The van der Waals surface area contributed by atoms with Crippen molar-refractivity contribution in [3.05, 3.63) is 29.8 Å². The molecule has 0 spiro atoms. The number of aromatic hydroxyl groups is 1. The smallest absolute Gasteiger partial charge is 0.304 e. The van der Waals surface area contributed by atoms with Gasteiger partial charge in [-0.2, -0.15) is 0 Å². The van der Waals surface area contributed by atoms with Crippen molar-refractivity contribution in [1.29, 1.82) is 0 Å². The van der Waals surface area contributed by atoms with Gasteiger partial charge in [0.1, 0.15) is 5.75 Å². The molecule has 5 nitrogen and oxygen atoms in total. The summed E-state index contributed by atoms with van der Waals surface area (Å²) in [6, 6.07) is 7.06. The minimum Gasteiger partial charge on any atom is -0.508 e. The van der Waals surface area contributed by atoms with Crippen LogP contribution in [0.15, 0.2) is 24.3 Å². The molecular formula is C25H39NO4. The van der Waals surface area contributed by atoms with Gasteiger partial charge in [0.2, 0.25) is 5.91 Å². The van der Waals surface area contributed by atoms with Crippen LogP contribution in [0.4, 0.5) is 0 Å². The molecule has 0 aliphatic heterocycles. The lowest BCUT2D eigenvalue weighted by atomic mass is 9.57. The molecule has 3 N–H and O–H groups in total. The third-order valence-corrected chi connectivity index (χ3v) is 7.09. The largest absolute Gasteiger partial charge is 0.508 e. The van der Waals surface area contributed by atoms with E-state index in [9.17, 15) is 19.8 Å². The maximum atomic E-state index is 12.7. The van der Waals surface area contributed by atoms with Crippen LogP contribution < -0.4 is 5.32 Å². The fourth-order valence-electron chi connectivity index (χ4n) is 5.01. The Labute approximate surface area is 181 Å². The van der Waals surface area contributed by atoms with E-state index >= 15 is 0 Å². The molecule has 5 heteroatoms. The summed E-state index contributed by atoms with van der Waals surface area (Å²) < 4.78 is 0. The van der Waals surface area contributed by atoms with Crippen LogP contribution in [0.3, 0.4) is 0 Å². The van der Waals surface area contributed by atoms with Crippen LogP contribution in [-0.4, -0.2) is 28.6 Å². The second-order valence-electron chi connectivity index (χ2n) is 9.95. The van der Waals surface area contributed by atoms with E-state index < -0.39 is 11.9 Å². The first-order valence-corrected chi connectivity index (χ1v) is 11.4. The number of benzene rings is 1. The van der Waals surface area contributed by atoms with Gasteiger partial charge in [-0.25, -0.2) is 0 Å². The van der Waals surface area contributed by atoms with Gasteiger partial charge in [-0.3, -0.25) is 9.59 Å². The van der Waals surface area contributed by atoms with Gasteiger partial charge >= 0.3 is 5.97 Å². The predicted molar refractivity (Wildman–Crippen MR) is 119 cm³/mol. The minimum atomic E-state index is -0.931. The summed E-state index contributed by atoms with van der Waals surface area (Å²) >= 11 is 0. The highest BCUT2D eigenvalue weighted by atomic mass is 16.4. The SMILES string of the molecule is CC(C)(C)C1(CCCC(CC(=O)O)C(=O)NCCc2ccccc2O)CCCCC1. The molecular weight excluding hydrogens is 378 g/mol. The number of nitrogens with one attached hydrogen (secondary N) is 1. The van der Waals surface area contributed by atoms with Crippen LogP contribution in [0.1, 0.15) is 84.1 Å². The van der Waals surface area contributed by atoms with E-state index in [0.717, 1.165) is 18.4 Å². The number of hydrogen-bond donors (Lipinski definition) is 3. The monoisotopic (exact) mass is 417 g/mol. The number of aliphatic carboxylic acids is 1. The molecule has 1 fully saturated rings. The van der Waals surface area contributed by atoms with E-state index in [1.807, 2.05) is 12.1 Å². The molecule has 1 amide bonds. The van der Waals surface area contributed by atoms with E-state index in [0.29, 0.717) is 24.8 Å². The van der Waals surface area contributed by atoms with Gasteiger partial charge in [0.05, 0.1) is 6.42 Å². The summed E-state index contributed by atoms with van der Waals surface area (Å²) in [6.45, 7) is 7.34. The molecule has 1 saturated carbocycles. The molecule has 2 rings (SSSR count). The molecule has 0 saturated heterocycles. The molecule has 168 valence electrons. The number of rotatable bonds is 10. The molecule has 0 radical (unpaired) electrons. The van der Waals surface area contributed by atoms with Crippen molar-refractivity contribution in [2.24, 2.45) is 16.7 Å². The Balaban J connectivity index is 1.90. The number of phenolic OH excluding ortho intramolecular Hbond substituents is 1. The summed E-state index contributed by atoms with van der Waals surface area (Å²) in [5.41, 5.74) is 1.28. The quantitative estimate of drug-likeness (QED) is 0.481. The van der Waals surface area contributed by atoms with Gasteiger partial charge in [-0.1, -0.05) is 64.7 Å². The van der Waals surface area contributed by atoms with Crippen molar-refractivity contribution in [3.8, 4) is 5.75 Å². The van der Waals surface area contributed by atoms with Crippen LogP contribution >= 0.6 is 0 Å². The lowest BCUT2D eigenvalue weighted by Gasteiger charge is -2.48. The number of carbonyl (C=O) groups excluding carboxylic acids is 1. The molecule has 1 aliphatic rings. The van der Waals surface area contributed by atoms with E-state index in [4.69, 9.17) is 0 Å². The fourth-order valence-corrected chi connectivity index (χ4v) is 5.01. The average Bonchev–Trinajstić information content (AvgIpc) is 2.68. The first-order valence-electron chi connectivity index (χ1n) is 11.4. The number of para-hydroxylation sites is 1. The Morgan fingerprint density at radius 3 is 2.40 bits per heavy atom. The van der Waals surface area contributed by atoms with Gasteiger partial charge in [-0.15, -0.1) is 0 Å². The number of carboxylic acids is 1. The summed E-state index contributed by atoms with van der Waals surface area (Å²) in [6.07, 6.45) is 9.21. The topological polar surface area (TPSA) is 86.6 Å². The lowest BCUT2D eigenvalue weighted by Crippen LogP contribution is -2.38. The number of carbonyl (C=O) groups is 2. The molecule has 1 unspecified atom stereocenters. The maximum Gasteiger partial charge on any atom is 0.304 e. The maximum absolute atomic E-state index is 12.7. The van der Waals surface area contributed by atoms with Crippen LogP contribution in [-0.2, 0) is 16.0 Å². The minimum absolute atomic E-state index is 0.134. The van der Waals surface area contributed by atoms with Gasteiger partial charge in [0.25, 0.3) is 0 Å². The molecule has 1 atom stereocenters. The van der Waals surface area contributed by atoms with Crippen molar-refractivity contribution in [2.45, 2.75) is 85.0 Å². The van der Waals surface area contributed by atoms with Crippen molar-refractivity contribution >= 4 is 11.9 Å². The van der Waals surface area contributed by atoms with Gasteiger partial charge in [0.15, 0.2) is 0 Å².